The van der Waals surface area contributed by atoms with Crippen LogP contribution in [0.15, 0.2) is 18.2 Å². The molecule has 0 amide bonds. The van der Waals surface area contributed by atoms with Gasteiger partial charge in [-0.25, -0.2) is 0 Å². The van der Waals surface area contributed by atoms with Gasteiger partial charge in [0.2, 0.25) is 0 Å². The normalized spacial score (nSPS) is 12.0. The average molecular weight is 285 g/mol. The Morgan fingerprint density at radius 2 is 2.05 bits per heavy atom. The number of rotatable bonds is 4. The molecule has 0 saturated heterocycles. The smallest absolute Gasteiger partial charge is 0.431 e. The number of carbonyl (C=O) groups is 1. The van der Waals surface area contributed by atoms with E-state index in [4.69, 9.17) is 5.11 Å². The lowest BCUT2D eigenvalue weighted by Gasteiger charge is -2.07. The molecule has 2 rings (SSSR count). The highest BCUT2D eigenvalue weighted by molar-refractivity contribution is 5.88. The number of fused-ring (bicyclic) bond motifs is 1. The molecular weight excluding hydrogens is 271 g/mol. The van der Waals surface area contributed by atoms with Gasteiger partial charge in [0.15, 0.2) is 0 Å². The number of hydrogen-bond donors (Lipinski definition) is 2. The van der Waals surface area contributed by atoms with E-state index in [-0.39, 0.29) is 18.4 Å². The molecule has 6 heteroatoms. The van der Waals surface area contributed by atoms with Gasteiger partial charge >= 0.3 is 12.1 Å². The molecule has 0 bridgehead atoms. The average Bonchev–Trinajstić information content (AvgIpc) is 2.74. The first-order valence-electron chi connectivity index (χ1n) is 6.26. The number of nitrogens with one attached hydrogen (secondary N) is 1. The largest absolute Gasteiger partial charge is 0.481 e. The number of halogens is 3. The highest BCUT2D eigenvalue weighted by Gasteiger charge is 2.36. The number of carboxylic acids is 1. The highest BCUT2D eigenvalue weighted by Crippen LogP contribution is 2.37. The summed E-state index contributed by atoms with van der Waals surface area (Å²) in [6.45, 7) is 1.86. The Bertz CT molecular complexity index is 644. The van der Waals surface area contributed by atoms with Crippen LogP contribution in [0, 0.1) is 0 Å². The fourth-order valence-electron chi connectivity index (χ4n) is 2.36. The fraction of sp³-hybridized carbons (Fsp3) is 0.357. The molecule has 0 aliphatic heterocycles. The summed E-state index contributed by atoms with van der Waals surface area (Å²) in [4.78, 5) is 13.1. The van der Waals surface area contributed by atoms with Crippen LogP contribution in [0.3, 0.4) is 0 Å². The second kappa shape index (κ2) is 5.19. The highest BCUT2D eigenvalue weighted by atomic mass is 19.4. The predicted octanol–water partition coefficient (Wildman–Crippen LogP) is 3.77. The van der Waals surface area contributed by atoms with E-state index in [1.54, 1.807) is 18.2 Å². The van der Waals surface area contributed by atoms with Crippen molar-refractivity contribution >= 4 is 16.9 Å². The second-order valence-electron chi connectivity index (χ2n) is 4.56. The summed E-state index contributed by atoms with van der Waals surface area (Å²) in [5, 5.41) is 9.14. The minimum Gasteiger partial charge on any atom is -0.481 e. The van der Waals surface area contributed by atoms with E-state index < -0.39 is 17.8 Å². The number of alkyl halides is 3. The summed E-state index contributed by atoms with van der Waals surface area (Å²) in [6.07, 6.45) is -4.38. The Kier molecular flexibility index (Phi) is 3.74. The van der Waals surface area contributed by atoms with Crippen LogP contribution in [-0.2, 0) is 23.8 Å². The maximum Gasteiger partial charge on any atom is 0.431 e. The molecule has 3 nitrogen and oxygen atoms in total. The van der Waals surface area contributed by atoms with Crippen LogP contribution in [0.1, 0.15) is 30.2 Å². The van der Waals surface area contributed by atoms with Crippen LogP contribution in [-0.4, -0.2) is 16.1 Å². The van der Waals surface area contributed by atoms with Crippen molar-refractivity contribution in [1.82, 2.24) is 4.98 Å². The van der Waals surface area contributed by atoms with Crippen LogP contribution in [0.25, 0.3) is 10.9 Å². The van der Waals surface area contributed by atoms with Gasteiger partial charge < -0.3 is 10.1 Å². The molecule has 1 heterocycles. The summed E-state index contributed by atoms with van der Waals surface area (Å²) < 4.78 is 39.2. The molecule has 0 radical (unpaired) electrons. The van der Waals surface area contributed by atoms with Crippen molar-refractivity contribution in [1.29, 1.82) is 0 Å². The maximum atomic E-state index is 13.1. The van der Waals surface area contributed by atoms with E-state index >= 15 is 0 Å². The van der Waals surface area contributed by atoms with Crippen molar-refractivity contribution in [2.45, 2.75) is 32.4 Å². The van der Waals surface area contributed by atoms with Gasteiger partial charge in [-0.1, -0.05) is 25.1 Å². The molecule has 0 fully saturated rings. The molecule has 1 aromatic carbocycles. The molecule has 0 aliphatic rings. The molecule has 0 aliphatic carbocycles. The summed E-state index contributed by atoms with van der Waals surface area (Å²) in [7, 11) is 0. The Labute approximate surface area is 113 Å². The molecule has 0 saturated carbocycles. The van der Waals surface area contributed by atoms with Crippen molar-refractivity contribution in [3.05, 3.63) is 35.0 Å². The number of benzene rings is 1. The number of aromatic amines is 1. The van der Waals surface area contributed by atoms with Crippen LogP contribution >= 0.6 is 0 Å². The molecule has 2 aromatic rings. The van der Waals surface area contributed by atoms with E-state index in [9.17, 15) is 18.0 Å². The fourth-order valence-corrected chi connectivity index (χ4v) is 2.36. The number of para-hydroxylation sites is 1. The van der Waals surface area contributed by atoms with Gasteiger partial charge in [0, 0.05) is 17.3 Å². The van der Waals surface area contributed by atoms with Crippen LogP contribution in [0.2, 0.25) is 0 Å². The lowest BCUT2D eigenvalue weighted by molar-refractivity contribution is -0.142. The van der Waals surface area contributed by atoms with E-state index in [1.165, 1.54) is 0 Å². The third kappa shape index (κ3) is 2.64. The summed E-state index contributed by atoms with van der Waals surface area (Å²) in [5.74, 6) is -1.11. The van der Waals surface area contributed by atoms with Crippen molar-refractivity contribution in [3.8, 4) is 0 Å². The molecule has 20 heavy (non-hydrogen) atoms. The number of H-pyrrole nitrogens is 1. The lowest BCUT2D eigenvalue weighted by atomic mass is 10.0. The zero-order chi connectivity index (χ0) is 14.9. The van der Waals surface area contributed by atoms with Crippen LogP contribution < -0.4 is 0 Å². The molecule has 0 unspecified atom stereocenters. The van der Waals surface area contributed by atoms with E-state index in [0.717, 1.165) is 5.56 Å². The third-order valence-corrected chi connectivity index (χ3v) is 3.28. The third-order valence-electron chi connectivity index (χ3n) is 3.28. The van der Waals surface area contributed by atoms with Gasteiger partial charge in [-0.05, 0) is 24.0 Å². The molecule has 108 valence electrons. The van der Waals surface area contributed by atoms with Crippen LogP contribution in [0.5, 0.6) is 0 Å². The minimum atomic E-state index is -4.52. The zero-order valence-corrected chi connectivity index (χ0v) is 10.8. The van der Waals surface area contributed by atoms with Crippen LogP contribution in [0.4, 0.5) is 13.2 Å². The Hall–Kier alpha value is -1.98. The first-order valence-corrected chi connectivity index (χ1v) is 6.26. The number of carboxylic acid groups (broad SMARTS) is 1. The molecular formula is C14H14F3NO2. The van der Waals surface area contributed by atoms with Gasteiger partial charge in [0.05, 0.1) is 0 Å². The monoisotopic (exact) mass is 285 g/mol. The molecule has 0 atom stereocenters. The maximum absolute atomic E-state index is 13.1. The number of aliphatic carboxylic acids is 1. The summed E-state index contributed by atoms with van der Waals surface area (Å²) in [6, 6.07) is 5.05. The van der Waals surface area contributed by atoms with Gasteiger partial charge in [0.1, 0.15) is 5.69 Å². The van der Waals surface area contributed by atoms with Crippen molar-refractivity contribution in [3.63, 3.8) is 0 Å². The first kappa shape index (κ1) is 14.4. The second-order valence-corrected chi connectivity index (χ2v) is 4.56. The van der Waals surface area contributed by atoms with Crippen molar-refractivity contribution < 1.29 is 23.1 Å². The minimum absolute atomic E-state index is 0.0326. The van der Waals surface area contributed by atoms with E-state index in [0.29, 0.717) is 17.3 Å². The topological polar surface area (TPSA) is 53.1 Å². The van der Waals surface area contributed by atoms with Gasteiger partial charge in [0.25, 0.3) is 0 Å². The van der Waals surface area contributed by atoms with Gasteiger partial charge in [-0.2, -0.15) is 13.2 Å². The molecule has 0 spiro atoms. The van der Waals surface area contributed by atoms with E-state index in [1.807, 2.05) is 6.92 Å². The van der Waals surface area contributed by atoms with Gasteiger partial charge in [-0.3, -0.25) is 4.79 Å². The number of aromatic nitrogens is 1. The van der Waals surface area contributed by atoms with Gasteiger partial charge in [-0.15, -0.1) is 0 Å². The lowest BCUT2D eigenvalue weighted by Crippen LogP contribution is -2.10. The summed E-state index contributed by atoms with van der Waals surface area (Å²) in [5.41, 5.74) is 0.428. The number of aryl methyl sites for hydroxylation is 2. The number of hydrogen-bond acceptors (Lipinski definition) is 1. The quantitative estimate of drug-likeness (QED) is 0.898. The zero-order valence-electron chi connectivity index (χ0n) is 10.8. The Morgan fingerprint density at radius 3 is 2.60 bits per heavy atom. The van der Waals surface area contributed by atoms with Crippen molar-refractivity contribution in [2.24, 2.45) is 0 Å². The SMILES string of the molecule is CCc1cccc2c(CCC(=O)O)c(C(F)(F)F)[nH]c12. The van der Waals surface area contributed by atoms with Crippen molar-refractivity contribution in [2.75, 3.05) is 0 Å². The Balaban J connectivity index is 2.63. The summed E-state index contributed by atoms with van der Waals surface area (Å²) >= 11 is 0. The molecule has 2 N–H and O–H groups in total. The standard InChI is InChI=1S/C14H14F3NO2/c1-2-8-4-3-5-9-10(6-7-11(19)20)13(14(15,16)17)18-12(8)9/h3-5,18H,2,6-7H2,1H3,(H,19,20). The Morgan fingerprint density at radius 1 is 1.35 bits per heavy atom. The van der Waals surface area contributed by atoms with E-state index in [2.05, 4.69) is 4.98 Å². The predicted molar refractivity (Wildman–Crippen MR) is 68.6 cm³/mol. The first-order chi connectivity index (χ1) is 9.34. The molecule has 1 aromatic heterocycles.